The summed E-state index contributed by atoms with van der Waals surface area (Å²) in [6.07, 6.45) is 9.53. The van der Waals surface area contributed by atoms with E-state index in [0.717, 1.165) is 11.6 Å². The lowest BCUT2D eigenvalue weighted by atomic mass is 10.1. The topological polar surface area (TPSA) is 71.5 Å². The van der Waals surface area contributed by atoms with Gasteiger partial charge in [-0.15, -0.1) is 0 Å². The average molecular weight is 292 g/mol. The number of imidazole rings is 1. The Morgan fingerprint density at radius 1 is 1.38 bits per heavy atom. The van der Waals surface area contributed by atoms with Crippen molar-refractivity contribution < 1.29 is 0 Å². The maximum atomic E-state index is 6.02. The molecule has 118 valence electrons. The van der Waals surface area contributed by atoms with Crippen molar-refractivity contribution in [3.63, 3.8) is 0 Å². The van der Waals surface area contributed by atoms with Crippen molar-refractivity contribution in [2.24, 2.45) is 17.8 Å². The van der Waals surface area contributed by atoms with E-state index in [4.69, 9.17) is 5.73 Å². The molecule has 3 N–H and O–H groups in total. The smallest absolute Gasteiger partial charge is 0.204 e. The van der Waals surface area contributed by atoms with Gasteiger partial charge >= 0.3 is 0 Å². The maximum Gasteiger partial charge on any atom is 0.204 e. The first-order chi connectivity index (χ1) is 10.1. The lowest BCUT2D eigenvalue weighted by Crippen LogP contribution is -2.39. The van der Waals surface area contributed by atoms with Gasteiger partial charge in [0.15, 0.2) is 5.96 Å². The van der Waals surface area contributed by atoms with Gasteiger partial charge in [0.2, 0.25) is 5.95 Å². The van der Waals surface area contributed by atoms with Crippen LogP contribution in [0.4, 0.5) is 5.95 Å². The van der Waals surface area contributed by atoms with Crippen molar-refractivity contribution in [3.05, 3.63) is 11.9 Å². The number of nitrogens with two attached hydrogens (primary N) is 1. The lowest BCUT2D eigenvalue weighted by Gasteiger charge is -2.16. The Labute approximate surface area is 127 Å². The van der Waals surface area contributed by atoms with Gasteiger partial charge in [0.1, 0.15) is 0 Å². The zero-order chi connectivity index (χ0) is 15.2. The van der Waals surface area contributed by atoms with E-state index in [0.29, 0.717) is 18.5 Å². The molecule has 1 fully saturated rings. The normalized spacial score (nSPS) is 17.6. The highest BCUT2D eigenvalue weighted by Crippen LogP contribution is 2.17. The molecular formula is C15H28N6. The molecule has 1 aromatic heterocycles. The number of hydrogen-bond donors (Lipinski definition) is 2. The highest BCUT2D eigenvalue weighted by atomic mass is 15.3. The van der Waals surface area contributed by atoms with Crippen LogP contribution in [0.2, 0.25) is 0 Å². The number of rotatable bonds is 4. The molecule has 0 saturated heterocycles. The van der Waals surface area contributed by atoms with Gasteiger partial charge in [-0.25, -0.2) is 9.98 Å². The van der Waals surface area contributed by atoms with E-state index in [1.165, 1.54) is 38.5 Å². The highest BCUT2D eigenvalue weighted by Gasteiger charge is 2.12. The first-order valence-corrected chi connectivity index (χ1v) is 7.82. The molecular weight excluding hydrogens is 264 g/mol. The summed E-state index contributed by atoms with van der Waals surface area (Å²) in [5, 5.41) is 3.37. The molecule has 1 aromatic rings. The molecule has 0 radical (unpaired) electrons. The summed E-state index contributed by atoms with van der Waals surface area (Å²) in [6, 6.07) is 0.486. The zero-order valence-electron chi connectivity index (χ0n) is 13.5. The average Bonchev–Trinajstić information content (AvgIpc) is 2.64. The molecule has 0 atom stereocenters. The van der Waals surface area contributed by atoms with Crippen LogP contribution in [0.5, 0.6) is 0 Å². The van der Waals surface area contributed by atoms with Crippen molar-refractivity contribution in [2.75, 3.05) is 19.0 Å². The van der Waals surface area contributed by atoms with E-state index < -0.39 is 0 Å². The van der Waals surface area contributed by atoms with E-state index in [2.05, 4.69) is 15.3 Å². The number of nitrogens with zero attached hydrogens (tertiary/aromatic N) is 4. The number of anilines is 1. The number of aromatic nitrogens is 2. The van der Waals surface area contributed by atoms with E-state index in [1.54, 1.807) is 0 Å². The first kappa shape index (κ1) is 15.7. The van der Waals surface area contributed by atoms with Crippen molar-refractivity contribution in [1.82, 2.24) is 14.9 Å². The Balaban J connectivity index is 1.90. The molecule has 0 bridgehead atoms. The SMILES string of the molecule is CN(C)c1ncc(CN=C(N)NC2CCCCCC2)n1C. The van der Waals surface area contributed by atoms with Gasteiger partial charge in [0.25, 0.3) is 0 Å². The van der Waals surface area contributed by atoms with Crippen LogP contribution < -0.4 is 16.0 Å². The van der Waals surface area contributed by atoms with Crippen molar-refractivity contribution in [2.45, 2.75) is 51.1 Å². The highest BCUT2D eigenvalue weighted by molar-refractivity contribution is 5.78. The molecule has 1 saturated carbocycles. The summed E-state index contributed by atoms with van der Waals surface area (Å²) in [5.41, 5.74) is 7.08. The minimum Gasteiger partial charge on any atom is -0.370 e. The molecule has 2 rings (SSSR count). The second-order valence-corrected chi connectivity index (χ2v) is 6.04. The summed E-state index contributed by atoms with van der Waals surface area (Å²) in [6.45, 7) is 0.558. The molecule has 1 aliphatic carbocycles. The second-order valence-electron chi connectivity index (χ2n) is 6.04. The van der Waals surface area contributed by atoms with Crippen molar-refractivity contribution in [1.29, 1.82) is 0 Å². The van der Waals surface area contributed by atoms with E-state index in [-0.39, 0.29) is 0 Å². The van der Waals surface area contributed by atoms with Gasteiger partial charge in [-0.2, -0.15) is 0 Å². The van der Waals surface area contributed by atoms with Crippen LogP contribution in [0.3, 0.4) is 0 Å². The van der Waals surface area contributed by atoms with E-state index >= 15 is 0 Å². The quantitative estimate of drug-likeness (QED) is 0.502. The number of aliphatic imine (C=N–C) groups is 1. The summed E-state index contributed by atoms with van der Waals surface area (Å²) in [7, 11) is 5.97. The van der Waals surface area contributed by atoms with Crippen LogP contribution in [0.25, 0.3) is 0 Å². The van der Waals surface area contributed by atoms with Crippen LogP contribution in [0, 0.1) is 0 Å². The minimum absolute atomic E-state index is 0.486. The van der Waals surface area contributed by atoms with Crippen molar-refractivity contribution >= 4 is 11.9 Å². The second kappa shape index (κ2) is 7.33. The molecule has 0 aromatic carbocycles. The molecule has 6 heteroatoms. The molecule has 0 aliphatic heterocycles. The first-order valence-electron chi connectivity index (χ1n) is 7.82. The molecule has 1 heterocycles. The summed E-state index contributed by atoms with van der Waals surface area (Å²) in [4.78, 5) is 10.8. The Morgan fingerprint density at radius 2 is 2.05 bits per heavy atom. The van der Waals surface area contributed by atoms with Gasteiger partial charge in [0.05, 0.1) is 18.4 Å². The molecule has 1 aliphatic rings. The molecule has 6 nitrogen and oxygen atoms in total. The van der Waals surface area contributed by atoms with E-state index in [1.807, 2.05) is 36.8 Å². The van der Waals surface area contributed by atoms with Gasteiger partial charge in [0, 0.05) is 27.2 Å². The Bertz CT molecular complexity index is 469. The number of hydrogen-bond acceptors (Lipinski definition) is 3. The van der Waals surface area contributed by atoms with Gasteiger partial charge < -0.3 is 20.5 Å². The Hall–Kier alpha value is -1.72. The predicted octanol–water partition coefficient (Wildman–Crippen LogP) is 1.61. The lowest BCUT2D eigenvalue weighted by molar-refractivity contribution is 0.530. The van der Waals surface area contributed by atoms with Gasteiger partial charge in [-0.05, 0) is 12.8 Å². The van der Waals surface area contributed by atoms with Crippen LogP contribution in [-0.2, 0) is 13.6 Å². The largest absolute Gasteiger partial charge is 0.370 e. The van der Waals surface area contributed by atoms with Crippen molar-refractivity contribution in [3.8, 4) is 0 Å². The molecule has 0 spiro atoms. The fraction of sp³-hybridized carbons (Fsp3) is 0.733. The van der Waals surface area contributed by atoms with Crippen LogP contribution >= 0.6 is 0 Å². The molecule has 0 unspecified atom stereocenters. The summed E-state index contributed by atoms with van der Waals surface area (Å²) in [5.74, 6) is 1.48. The maximum absolute atomic E-state index is 6.02. The standard InChI is InChI=1S/C15H28N6/c1-20(2)15-18-11-13(21(15)3)10-17-14(16)19-12-8-6-4-5-7-9-12/h11-12H,4-10H2,1-3H3,(H3,16,17,19). The Morgan fingerprint density at radius 3 is 2.62 bits per heavy atom. The third-order valence-corrected chi connectivity index (χ3v) is 4.08. The minimum atomic E-state index is 0.486. The predicted molar refractivity (Wildman–Crippen MR) is 87.5 cm³/mol. The van der Waals surface area contributed by atoms with Gasteiger partial charge in [-0.1, -0.05) is 25.7 Å². The fourth-order valence-corrected chi connectivity index (χ4v) is 2.84. The Kier molecular flexibility index (Phi) is 5.47. The van der Waals surface area contributed by atoms with E-state index in [9.17, 15) is 0 Å². The van der Waals surface area contributed by atoms with Gasteiger partial charge in [-0.3, -0.25) is 0 Å². The zero-order valence-corrected chi connectivity index (χ0v) is 13.5. The third kappa shape index (κ3) is 4.37. The molecule has 21 heavy (non-hydrogen) atoms. The van der Waals surface area contributed by atoms with Crippen LogP contribution in [0.1, 0.15) is 44.2 Å². The molecule has 0 amide bonds. The summed E-state index contributed by atoms with van der Waals surface area (Å²) < 4.78 is 2.04. The van der Waals surface area contributed by atoms with Crippen LogP contribution in [0.15, 0.2) is 11.2 Å². The monoisotopic (exact) mass is 292 g/mol. The number of nitrogens with one attached hydrogen (secondary N) is 1. The van der Waals surface area contributed by atoms with Crippen LogP contribution in [-0.4, -0.2) is 35.6 Å². The number of guanidine groups is 1. The third-order valence-electron chi connectivity index (χ3n) is 4.08. The summed E-state index contributed by atoms with van der Waals surface area (Å²) >= 11 is 0. The fourth-order valence-electron chi connectivity index (χ4n) is 2.84.